The lowest BCUT2D eigenvalue weighted by Gasteiger charge is -2.43. The van der Waals surface area contributed by atoms with Crippen LogP contribution in [0, 0.1) is 0 Å². The van der Waals surface area contributed by atoms with Gasteiger partial charge in [0.15, 0.2) is 0 Å². The smallest absolute Gasteiger partial charge is 0.326 e. The molecule has 1 N–H and O–H groups in total. The monoisotopic (exact) mass is 296 g/mol. The van der Waals surface area contributed by atoms with Crippen LogP contribution in [0.25, 0.3) is 0 Å². The zero-order valence-electron chi connectivity index (χ0n) is 14.0. The van der Waals surface area contributed by atoms with Crippen LogP contribution in [0.1, 0.15) is 65.2 Å². The predicted octanol–water partition coefficient (Wildman–Crippen LogP) is 2.71. The summed E-state index contributed by atoms with van der Waals surface area (Å²) in [6.07, 6.45) is 9.39. The van der Waals surface area contributed by atoms with E-state index in [1.807, 2.05) is 0 Å². The minimum absolute atomic E-state index is 0.0600. The molecule has 0 radical (unpaired) electrons. The van der Waals surface area contributed by atoms with Gasteiger partial charge >= 0.3 is 5.97 Å². The lowest BCUT2D eigenvalue weighted by atomic mass is 9.85. The number of carbonyl (C=O) groups is 1. The summed E-state index contributed by atoms with van der Waals surface area (Å²) in [6.45, 7) is 6.41. The number of ether oxygens (including phenoxy) is 1. The lowest BCUT2D eigenvalue weighted by Crippen LogP contribution is -2.62. The van der Waals surface area contributed by atoms with Gasteiger partial charge < -0.3 is 9.64 Å². The van der Waals surface area contributed by atoms with E-state index in [0.717, 1.165) is 25.9 Å². The Hall–Kier alpha value is -0.610. The van der Waals surface area contributed by atoms with Gasteiger partial charge in [-0.15, -0.1) is 0 Å². The summed E-state index contributed by atoms with van der Waals surface area (Å²) in [5.41, 5.74) is -0.449. The minimum atomic E-state index is -0.449. The maximum atomic E-state index is 12.4. The molecule has 0 bridgehead atoms. The Bertz CT molecular complexity index is 328. The normalized spacial score (nSPS) is 24.8. The van der Waals surface area contributed by atoms with Crippen molar-refractivity contribution in [2.45, 2.75) is 82.8 Å². The highest BCUT2D eigenvalue weighted by molar-refractivity contribution is 5.81. The van der Waals surface area contributed by atoms with E-state index in [-0.39, 0.29) is 5.97 Å². The van der Waals surface area contributed by atoms with Crippen molar-refractivity contribution in [3.63, 3.8) is 0 Å². The molecule has 2 fully saturated rings. The van der Waals surface area contributed by atoms with Gasteiger partial charge in [-0.25, -0.2) is 0 Å². The van der Waals surface area contributed by atoms with Crippen LogP contribution < -0.4 is 5.32 Å². The molecule has 1 aliphatic heterocycles. The summed E-state index contributed by atoms with van der Waals surface area (Å²) in [7, 11) is 1.52. The van der Waals surface area contributed by atoms with Crippen LogP contribution in [-0.2, 0) is 9.53 Å². The molecule has 4 nitrogen and oxygen atoms in total. The van der Waals surface area contributed by atoms with Crippen molar-refractivity contribution in [3.8, 4) is 0 Å². The molecule has 0 unspecified atom stereocenters. The Morgan fingerprint density at radius 2 is 1.71 bits per heavy atom. The second-order valence-electron chi connectivity index (χ2n) is 7.04. The quantitative estimate of drug-likeness (QED) is 0.640. The number of rotatable bonds is 4. The van der Waals surface area contributed by atoms with Gasteiger partial charge in [-0.2, -0.15) is 0 Å². The van der Waals surface area contributed by atoms with E-state index in [2.05, 4.69) is 24.1 Å². The largest absolute Gasteiger partial charge is 0.468 e. The van der Waals surface area contributed by atoms with Gasteiger partial charge in [0.05, 0.1) is 7.11 Å². The second kappa shape index (κ2) is 7.59. The van der Waals surface area contributed by atoms with E-state index in [9.17, 15) is 4.79 Å². The first-order valence-electron chi connectivity index (χ1n) is 8.67. The number of nitrogens with one attached hydrogen (secondary N) is 1. The average molecular weight is 296 g/mol. The average Bonchev–Trinajstić information content (AvgIpc) is 2.75. The Morgan fingerprint density at radius 1 is 1.14 bits per heavy atom. The minimum Gasteiger partial charge on any atom is -0.468 e. The molecule has 1 aliphatic carbocycles. The zero-order valence-corrected chi connectivity index (χ0v) is 14.0. The fraction of sp³-hybridized carbons (Fsp3) is 0.941. The maximum Gasteiger partial charge on any atom is 0.326 e. The molecule has 1 heterocycles. The fourth-order valence-corrected chi connectivity index (χ4v) is 3.84. The van der Waals surface area contributed by atoms with Crippen LogP contribution in [-0.4, -0.2) is 48.7 Å². The molecule has 2 aliphatic rings. The van der Waals surface area contributed by atoms with Crippen molar-refractivity contribution in [2.75, 3.05) is 20.2 Å². The molecule has 0 amide bonds. The van der Waals surface area contributed by atoms with Crippen LogP contribution in [0.15, 0.2) is 0 Å². The summed E-state index contributed by atoms with van der Waals surface area (Å²) in [6, 6.07) is 1.04. The van der Waals surface area contributed by atoms with Crippen molar-refractivity contribution < 1.29 is 9.53 Å². The first-order valence-corrected chi connectivity index (χ1v) is 8.67. The number of hydrogen-bond acceptors (Lipinski definition) is 4. The van der Waals surface area contributed by atoms with Crippen molar-refractivity contribution in [1.82, 2.24) is 10.2 Å². The van der Waals surface area contributed by atoms with Crippen LogP contribution in [0.2, 0.25) is 0 Å². The van der Waals surface area contributed by atoms with Crippen LogP contribution in [0.3, 0.4) is 0 Å². The van der Waals surface area contributed by atoms with E-state index in [1.165, 1.54) is 45.6 Å². The molecule has 122 valence electrons. The number of methoxy groups -OCH3 is 1. The summed E-state index contributed by atoms with van der Waals surface area (Å²) in [5.74, 6) is -0.0600. The van der Waals surface area contributed by atoms with E-state index >= 15 is 0 Å². The van der Waals surface area contributed by atoms with Gasteiger partial charge in [-0.3, -0.25) is 10.1 Å². The topological polar surface area (TPSA) is 41.6 Å². The molecular formula is C17H32N2O2. The van der Waals surface area contributed by atoms with E-state index in [1.54, 1.807) is 0 Å². The van der Waals surface area contributed by atoms with Gasteiger partial charge in [-0.05, 0) is 39.5 Å². The molecule has 0 spiro atoms. The Morgan fingerprint density at radius 3 is 2.19 bits per heavy atom. The van der Waals surface area contributed by atoms with Gasteiger partial charge in [0.2, 0.25) is 0 Å². The first-order chi connectivity index (χ1) is 10.1. The van der Waals surface area contributed by atoms with Crippen LogP contribution in [0.5, 0.6) is 0 Å². The predicted molar refractivity (Wildman–Crippen MR) is 85.3 cm³/mol. The second-order valence-corrected chi connectivity index (χ2v) is 7.04. The van der Waals surface area contributed by atoms with Gasteiger partial charge in [0.25, 0.3) is 0 Å². The van der Waals surface area contributed by atoms with Crippen molar-refractivity contribution in [3.05, 3.63) is 0 Å². The lowest BCUT2D eigenvalue weighted by molar-refractivity contribution is -0.151. The molecule has 1 saturated heterocycles. The Labute approximate surface area is 129 Å². The number of likely N-dealkylation sites (tertiary alicyclic amines) is 1. The molecule has 0 atom stereocenters. The number of hydrogen-bond donors (Lipinski definition) is 1. The number of piperidine rings is 1. The number of esters is 1. The molecule has 21 heavy (non-hydrogen) atoms. The third-order valence-corrected chi connectivity index (χ3v) is 5.29. The standard InChI is InChI=1S/C17H32N2O2/c1-14(2)19-12-10-17(11-13-19,16(20)21-3)18-15-8-6-4-5-7-9-15/h14-15,18H,4-13H2,1-3H3. The molecule has 1 saturated carbocycles. The summed E-state index contributed by atoms with van der Waals surface area (Å²) < 4.78 is 5.14. The third kappa shape index (κ3) is 4.19. The number of carbonyl (C=O) groups excluding carboxylic acids is 1. The number of nitrogens with zero attached hydrogens (tertiary/aromatic N) is 1. The van der Waals surface area contributed by atoms with Gasteiger partial charge in [-0.1, -0.05) is 25.7 Å². The summed E-state index contributed by atoms with van der Waals surface area (Å²) in [5, 5.41) is 3.72. The van der Waals surface area contributed by atoms with Crippen LogP contribution in [0.4, 0.5) is 0 Å². The summed E-state index contributed by atoms with van der Waals surface area (Å²) in [4.78, 5) is 14.9. The van der Waals surface area contributed by atoms with E-state index in [4.69, 9.17) is 4.74 Å². The highest BCUT2D eigenvalue weighted by Gasteiger charge is 2.43. The van der Waals surface area contributed by atoms with Crippen molar-refractivity contribution in [2.24, 2.45) is 0 Å². The Balaban J connectivity index is 2.02. The molecule has 0 aromatic heterocycles. The van der Waals surface area contributed by atoms with Gasteiger partial charge in [0.1, 0.15) is 5.54 Å². The Kier molecular flexibility index (Phi) is 6.06. The van der Waals surface area contributed by atoms with Crippen LogP contribution >= 0.6 is 0 Å². The fourth-order valence-electron chi connectivity index (χ4n) is 3.84. The van der Waals surface area contributed by atoms with E-state index in [0.29, 0.717) is 12.1 Å². The summed E-state index contributed by atoms with van der Waals surface area (Å²) >= 11 is 0. The molecule has 0 aromatic carbocycles. The molecular weight excluding hydrogens is 264 g/mol. The first kappa shape index (κ1) is 16.8. The zero-order chi connectivity index (χ0) is 15.3. The highest BCUT2D eigenvalue weighted by atomic mass is 16.5. The highest BCUT2D eigenvalue weighted by Crippen LogP contribution is 2.28. The van der Waals surface area contributed by atoms with Crippen molar-refractivity contribution in [1.29, 1.82) is 0 Å². The van der Waals surface area contributed by atoms with E-state index < -0.39 is 5.54 Å². The molecule has 2 rings (SSSR count). The molecule has 0 aromatic rings. The SMILES string of the molecule is COC(=O)C1(NC2CCCCCC2)CCN(C(C)C)CC1. The molecule has 4 heteroatoms. The maximum absolute atomic E-state index is 12.4. The third-order valence-electron chi connectivity index (χ3n) is 5.29. The van der Waals surface area contributed by atoms with Gasteiger partial charge in [0, 0.05) is 25.2 Å². The van der Waals surface area contributed by atoms with Crippen molar-refractivity contribution >= 4 is 5.97 Å².